The number of carbonyl (C=O) groups excluding carboxylic acids is 1. The first-order valence-electron chi connectivity index (χ1n) is 12.5. The van der Waals surface area contributed by atoms with Crippen LogP contribution in [0, 0.1) is 0 Å². The number of nitrogens with one attached hydrogen (secondary N) is 1. The largest absolute Gasteiger partial charge is 0.507 e. The monoisotopic (exact) mass is 477 g/mol. The zero-order chi connectivity index (χ0) is 24.8. The molecule has 7 heteroatoms. The van der Waals surface area contributed by atoms with Crippen molar-refractivity contribution in [2.75, 3.05) is 19.8 Å². The molecule has 0 saturated carbocycles. The third kappa shape index (κ3) is 5.51. The molecule has 2 aromatic carbocycles. The number of para-hydroxylation sites is 1. The molecule has 3 aromatic rings. The fraction of sp³-hybridized carbons (Fsp3) is 0.429. The molecule has 1 aromatic heterocycles. The highest BCUT2D eigenvalue weighted by atomic mass is 16.5. The average Bonchev–Trinajstić information content (AvgIpc) is 3.39. The van der Waals surface area contributed by atoms with E-state index in [2.05, 4.69) is 17.1 Å². The maximum absolute atomic E-state index is 13.4. The maximum Gasteiger partial charge on any atom is 0.273 e. The molecule has 2 N–H and O–H groups in total. The summed E-state index contributed by atoms with van der Waals surface area (Å²) < 4.78 is 11.6. The van der Waals surface area contributed by atoms with Gasteiger partial charge < -0.3 is 19.5 Å². The maximum atomic E-state index is 13.4. The minimum Gasteiger partial charge on any atom is -0.507 e. The van der Waals surface area contributed by atoms with Crippen molar-refractivity contribution < 1.29 is 19.4 Å². The van der Waals surface area contributed by atoms with Crippen LogP contribution in [0.15, 0.2) is 48.5 Å². The number of aromatic amines is 1. The predicted octanol–water partition coefficient (Wildman–Crippen LogP) is 5.71. The second-order valence-corrected chi connectivity index (χ2v) is 9.18. The van der Waals surface area contributed by atoms with E-state index < -0.39 is 0 Å². The molecule has 186 valence electrons. The number of phenols is 1. The lowest BCUT2D eigenvalue weighted by atomic mass is 9.95. The Bertz CT molecular complexity index is 1120. The summed E-state index contributed by atoms with van der Waals surface area (Å²) in [5.74, 6) is 0.857. The van der Waals surface area contributed by atoms with Crippen molar-refractivity contribution in [3.8, 4) is 22.8 Å². The van der Waals surface area contributed by atoms with E-state index in [1.165, 1.54) is 0 Å². The van der Waals surface area contributed by atoms with Gasteiger partial charge in [0.15, 0.2) is 0 Å². The van der Waals surface area contributed by atoms with Crippen LogP contribution in [-0.4, -0.2) is 52.0 Å². The number of benzene rings is 2. The van der Waals surface area contributed by atoms with Gasteiger partial charge in [-0.3, -0.25) is 9.89 Å². The van der Waals surface area contributed by atoms with Crippen molar-refractivity contribution in [2.45, 2.75) is 58.6 Å². The number of carbonyl (C=O) groups is 1. The Morgan fingerprint density at radius 2 is 1.83 bits per heavy atom. The highest BCUT2D eigenvalue weighted by molar-refractivity contribution is 6.00. The predicted molar refractivity (Wildman–Crippen MR) is 136 cm³/mol. The lowest BCUT2D eigenvalue weighted by molar-refractivity contribution is 0.0601. The molecule has 4 rings (SSSR count). The van der Waals surface area contributed by atoms with Crippen molar-refractivity contribution in [3.05, 3.63) is 65.4 Å². The second kappa shape index (κ2) is 11.4. The van der Waals surface area contributed by atoms with Gasteiger partial charge in [0.2, 0.25) is 0 Å². The number of nitrogens with zero attached hydrogens (tertiary/aromatic N) is 2. The second-order valence-electron chi connectivity index (χ2n) is 9.18. The highest BCUT2D eigenvalue weighted by Gasteiger charge is 2.42. The van der Waals surface area contributed by atoms with Crippen LogP contribution in [0.25, 0.3) is 11.3 Å². The van der Waals surface area contributed by atoms with Crippen LogP contribution in [0.1, 0.15) is 74.1 Å². The first-order valence-corrected chi connectivity index (χ1v) is 12.5. The van der Waals surface area contributed by atoms with E-state index in [1.807, 2.05) is 55.1 Å². The molecule has 1 amide bonds. The quantitative estimate of drug-likeness (QED) is 0.326. The van der Waals surface area contributed by atoms with Gasteiger partial charge in [-0.15, -0.1) is 0 Å². The zero-order valence-electron chi connectivity index (χ0n) is 20.8. The van der Waals surface area contributed by atoms with Crippen LogP contribution in [0.2, 0.25) is 0 Å². The fourth-order valence-electron chi connectivity index (χ4n) is 4.50. The number of rotatable bonds is 12. The molecule has 0 saturated heterocycles. The summed E-state index contributed by atoms with van der Waals surface area (Å²) in [6.45, 7) is 8.01. The third-order valence-corrected chi connectivity index (χ3v) is 6.23. The van der Waals surface area contributed by atoms with E-state index in [1.54, 1.807) is 12.1 Å². The van der Waals surface area contributed by atoms with E-state index in [0.29, 0.717) is 36.7 Å². The molecule has 1 aliphatic heterocycles. The Morgan fingerprint density at radius 3 is 2.54 bits per heavy atom. The van der Waals surface area contributed by atoms with Gasteiger partial charge in [-0.05, 0) is 56.5 Å². The normalized spacial score (nSPS) is 15.1. The van der Waals surface area contributed by atoms with E-state index in [4.69, 9.17) is 9.47 Å². The smallest absolute Gasteiger partial charge is 0.273 e. The number of fused-ring (bicyclic) bond motifs is 1. The molecule has 0 bridgehead atoms. The molecule has 0 aliphatic carbocycles. The molecule has 0 spiro atoms. The summed E-state index contributed by atoms with van der Waals surface area (Å²) >= 11 is 0. The Kier molecular flexibility index (Phi) is 8.08. The zero-order valence-corrected chi connectivity index (χ0v) is 20.8. The minimum absolute atomic E-state index is 0.0939. The number of aromatic hydroxyl groups is 1. The summed E-state index contributed by atoms with van der Waals surface area (Å²) in [6, 6.07) is 14.7. The van der Waals surface area contributed by atoms with Gasteiger partial charge in [0.25, 0.3) is 5.91 Å². The lowest BCUT2D eigenvalue weighted by Crippen LogP contribution is -2.31. The number of hydrogen-bond acceptors (Lipinski definition) is 5. The highest BCUT2D eigenvalue weighted by Crippen LogP contribution is 2.44. The van der Waals surface area contributed by atoms with Crippen LogP contribution < -0.4 is 4.74 Å². The number of ether oxygens (including phenoxy) is 2. The molecule has 1 atom stereocenters. The number of amides is 1. The van der Waals surface area contributed by atoms with E-state index in [0.717, 1.165) is 42.6 Å². The standard InChI is InChI=1S/C28H35N3O4/c1-4-5-8-17-35-21-14-12-20(13-15-21)27-24-25(22-10-6-7-11-23(22)32)29-30-26(24)28(33)31(27)16-9-18-34-19(2)3/h6-7,10-15,19,27,32H,4-5,8-9,16-18H2,1-3H3,(H,29,30)/t27-/m1/s1. The summed E-state index contributed by atoms with van der Waals surface area (Å²) in [7, 11) is 0. The lowest BCUT2D eigenvalue weighted by Gasteiger charge is -2.26. The van der Waals surface area contributed by atoms with Gasteiger partial charge in [-0.2, -0.15) is 5.10 Å². The van der Waals surface area contributed by atoms with Gasteiger partial charge in [0.05, 0.1) is 18.8 Å². The Labute approximate surface area is 207 Å². The Hall–Kier alpha value is -3.32. The molecule has 0 unspecified atom stereocenters. The van der Waals surface area contributed by atoms with Gasteiger partial charge in [-0.1, -0.05) is 44.0 Å². The SMILES string of the molecule is CCCCCOc1ccc([C@@H]2c3c(-c4ccccc4O)n[nH]c3C(=O)N2CCCOC(C)C)cc1. The number of hydrogen-bond donors (Lipinski definition) is 2. The summed E-state index contributed by atoms with van der Waals surface area (Å²) in [5.41, 5.74) is 3.43. The molecule has 1 aliphatic rings. The summed E-state index contributed by atoms with van der Waals surface area (Å²) in [5, 5.41) is 17.9. The minimum atomic E-state index is -0.320. The van der Waals surface area contributed by atoms with Gasteiger partial charge in [0.1, 0.15) is 22.9 Å². The van der Waals surface area contributed by atoms with E-state index in [9.17, 15) is 9.90 Å². The number of aromatic nitrogens is 2. The van der Waals surface area contributed by atoms with Gasteiger partial charge in [0, 0.05) is 24.3 Å². The van der Waals surface area contributed by atoms with Gasteiger partial charge in [-0.25, -0.2) is 0 Å². The van der Waals surface area contributed by atoms with Crippen molar-refractivity contribution in [1.82, 2.24) is 15.1 Å². The van der Waals surface area contributed by atoms with Crippen LogP contribution in [0.4, 0.5) is 0 Å². The van der Waals surface area contributed by atoms with Crippen LogP contribution in [0.5, 0.6) is 11.5 Å². The Balaban J connectivity index is 1.64. The van der Waals surface area contributed by atoms with Crippen LogP contribution in [0.3, 0.4) is 0 Å². The Morgan fingerprint density at radius 1 is 1.06 bits per heavy atom. The van der Waals surface area contributed by atoms with Crippen LogP contribution >= 0.6 is 0 Å². The first-order chi connectivity index (χ1) is 17.0. The molecule has 0 fully saturated rings. The van der Waals surface area contributed by atoms with Gasteiger partial charge >= 0.3 is 0 Å². The van der Waals surface area contributed by atoms with Crippen molar-refractivity contribution in [1.29, 1.82) is 0 Å². The fourth-order valence-corrected chi connectivity index (χ4v) is 4.50. The summed E-state index contributed by atoms with van der Waals surface area (Å²) in [4.78, 5) is 15.3. The van der Waals surface area contributed by atoms with Crippen molar-refractivity contribution >= 4 is 5.91 Å². The van der Waals surface area contributed by atoms with E-state index in [-0.39, 0.29) is 23.8 Å². The first kappa shape index (κ1) is 24.8. The molecular weight excluding hydrogens is 442 g/mol. The number of phenolic OH excluding ortho intramolecular Hbond substituents is 1. The molecule has 0 radical (unpaired) electrons. The molecule has 35 heavy (non-hydrogen) atoms. The third-order valence-electron chi connectivity index (χ3n) is 6.23. The van der Waals surface area contributed by atoms with Crippen LogP contribution in [-0.2, 0) is 4.74 Å². The molecule has 2 heterocycles. The number of unbranched alkanes of at least 4 members (excludes halogenated alkanes) is 2. The topological polar surface area (TPSA) is 87.7 Å². The molecule has 7 nitrogen and oxygen atoms in total. The average molecular weight is 478 g/mol. The number of H-pyrrole nitrogens is 1. The van der Waals surface area contributed by atoms with Crippen molar-refractivity contribution in [2.24, 2.45) is 0 Å². The summed E-state index contributed by atoms with van der Waals surface area (Å²) in [6.07, 6.45) is 4.21. The molecular formula is C28H35N3O4. The van der Waals surface area contributed by atoms with Crippen molar-refractivity contribution in [3.63, 3.8) is 0 Å². The van der Waals surface area contributed by atoms with E-state index >= 15 is 0 Å².